The first-order valence-corrected chi connectivity index (χ1v) is 7.81. The number of hydrogen-bond donors (Lipinski definition) is 3. The van der Waals surface area contributed by atoms with E-state index in [2.05, 4.69) is 10.3 Å². The maximum Gasteiger partial charge on any atom is 0.253 e. The molecule has 0 radical (unpaired) electrons. The largest absolute Gasteiger partial charge is 0.378 e. The van der Waals surface area contributed by atoms with Crippen LogP contribution in [0, 0.1) is 0 Å². The summed E-state index contributed by atoms with van der Waals surface area (Å²) in [6, 6.07) is 13.7. The van der Waals surface area contributed by atoms with Gasteiger partial charge in [0.1, 0.15) is 0 Å². The minimum absolute atomic E-state index is 0.170. The van der Waals surface area contributed by atoms with Crippen molar-refractivity contribution in [3.63, 3.8) is 0 Å². The lowest BCUT2D eigenvalue weighted by Crippen LogP contribution is -2.19. The van der Waals surface area contributed by atoms with E-state index in [0.717, 1.165) is 10.9 Å². The number of primary amides is 1. The normalized spacial score (nSPS) is 12.1. The van der Waals surface area contributed by atoms with E-state index in [4.69, 9.17) is 17.3 Å². The van der Waals surface area contributed by atoms with Gasteiger partial charge in [0.2, 0.25) is 5.91 Å². The van der Waals surface area contributed by atoms with Gasteiger partial charge in [-0.05, 0) is 49.4 Å². The second-order valence-electron chi connectivity index (χ2n) is 5.60. The number of H-pyrrole nitrogens is 1. The molecule has 24 heavy (non-hydrogen) atoms. The van der Waals surface area contributed by atoms with Crippen LogP contribution in [0.2, 0.25) is 5.02 Å². The molecule has 5 nitrogen and oxygen atoms in total. The molecule has 3 aromatic rings. The van der Waals surface area contributed by atoms with Crippen molar-refractivity contribution in [2.75, 3.05) is 5.32 Å². The van der Waals surface area contributed by atoms with Crippen LogP contribution in [-0.2, 0) is 0 Å². The Morgan fingerprint density at radius 1 is 1.21 bits per heavy atom. The highest BCUT2D eigenvalue weighted by Gasteiger charge is 2.12. The minimum atomic E-state index is -0.496. The van der Waals surface area contributed by atoms with E-state index in [9.17, 15) is 9.59 Å². The Hall–Kier alpha value is -2.79. The number of pyridine rings is 1. The first-order valence-electron chi connectivity index (χ1n) is 7.43. The SMILES string of the molecule is CC(Nc1cccc(C(N)=O)c1)c1cc2cc(Cl)ccc2[nH]c1=O. The lowest BCUT2D eigenvalue weighted by Gasteiger charge is -2.16. The van der Waals surface area contributed by atoms with Crippen molar-refractivity contribution in [3.05, 3.63) is 75.0 Å². The van der Waals surface area contributed by atoms with Crippen LogP contribution in [0.4, 0.5) is 5.69 Å². The van der Waals surface area contributed by atoms with Gasteiger partial charge in [-0.3, -0.25) is 9.59 Å². The highest BCUT2D eigenvalue weighted by atomic mass is 35.5. The van der Waals surface area contributed by atoms with Gasteiger partial charge in [-0.25, -0.2) is 0 Å². The Labute approximate surface area is 143 Å². The van der Waals surface area contributed by atoms with E-state index >= 15 is 0 Å². The van der Waals surface area contributed by atoms with Crippen molar-refractivity contribution in [2.45, 2.75) is 13.0 Å². The Balaban J connectivity index is 1.95. The highest BCUT2D eigenvalue weighted by Crippen LogP contribution is 2.22. The zero-order chi connectivity index (χ0) is 17.3. The number of nitrogens with one attached hydrogen (secondary N) is 2. The van der Waals surface area contributed by atoms with Crippen molar-refractivity contribution < 1.29 is 4.79 Å². The van der Waals surface area contributed by atoms with Gasteiger partial charge >= 0.3 is 0 Å². The molecule has 0 fully saturated rings. The van der Waals surface area contributed by atoms with Crippen LogP contribution in [0.25, 0.3) is 10.9 Å². The average Bonchev–Trinajstić information content (AvgIpc) is 2.54. The molecule has 1 atom stereocenters. The molecule has 122 valence electrons. The quantitative estimate of drug-likeness (QED) is 0.679. The molecular formula is C18H16ClN3O2. The number of halogens is 1. The summed E-state index contributed by atoms with van der Waals surface area (Å²) in [5, 5.41) is 4.68. The predicted octanol–water partition coefficient (Wildman–Crippen LogP) is 3.45. The maximum atomic E-state index is 12.3. The maximum absolute atomic E-state index is 12.3. The first kappa shape index (κ1) is 16.1. The van der Waals surface area contributed by atoms with Crippen LogP contribution in [0.5, 0.6) is 0 Å². The average molecular weight is 342 g/mol. The van der Waals surface area contributed by atoms with Gasteiger partial charge in [0, 0.05) is 32.7 Å². The highest BCUT2D eigenvalue weighted by molar-refractivity contribution is 6.31. The third-order valence-electron chi connectivity index (χ3n) is 3.83. The van der Waals surface area contributed by atoms with Gasteiger partial charge in [0.15, 0.2) is 0 Å². The van der Waals surface area contributed by atoms with Crippen LogP contribution >= 0.6 is 11.6 Å². The topological polar surface area (TPSA) is 88.0 Å². The predicted molar refractivity (Wildman–Crippen MR) is 96.6 cm³/mol. The molecule has 0 saturated carbocycles. The second kappa shape index (κ2) is 6.37. The third-order valence-corrected chi connectivity index (χ3v) is 4.07. The molecule has 1 heterocycles. The fraction of sp³-hybridized carbons (Fsp3) is 0.111. The van der Waals surface area contributed by atoms with Gasteiger partial charge in [0.25, 0.3) is 5.56 Å². The zero-order valence-electron chi connectivity index (χ0n) is 13.0. The van der Waals surface area contributed by atoms with Gasteiger partial charge in [-0.1, -0.05) is 17.7 Å². The van der Waals surface area contributed by atoms with E-state index in [-0.39, 0.29) is 11.6 Å². The van der Waals surface area contributed by atoms with Gasteiger partial charge in [0.05, 0.1) is 6.04 Å². The number of benzene rings is 2. The van der Waals surface area contributed by atoms with Crippen molar-refractivity contribution in [2.24, 2.45) is 5.73 Å². The first-order chi connectivity index (χ1) is 11.4. The number of nitrogens with two attached hydrogens (primary N) is 1. The second-order valence-corrected chi connectivity index (χ2v) is 6.03. The van der Waals surface area contributed by atoms with Crippen molar-refractivity contribution in [3.8, 4) is 0 Å². The van der Waals surface area contributed by atoms with Gasteiger partial charge in [-0.15, -0.1) is 0 Å². The molecule has 1 unspecified atom stereocenters. The molecular weight excluding hydrogens is 326 g/mol. The van der Waals surface area contributed by atoms with Crippen molar-refractivity contribution in [1.29, 1.82) is 0 Å². The van der Waals surface area contributed by atoms with Crippen LogP contribution in [-0.4, -0.2) is 10.9 Å². The van der Waals surface area contributed by atoms with Crippen LogP contribution in [0.1, 0.15) is 28.9 Å². The summed E-state index contributed by atoms with van der Waals surface area (Å²) in [4.78, 5) is 26.4. The number of hydrogen-bond acceptors (Lipinski definition) is 3. The summed E-state index contributed by atoms with van der Waals surface area (Å²) in [6.07, 6.45) is 0. The molecule has 0 spiro atoms. The Kier molecular flexibility index (Phi) is 4.27. The van der Waals surface area contributed by atoms with Crippen LogP contribution in [0.3, 0.4) is 0 Å². The molecule has 2 aromatic carbocycles. The molecule has 3 rings (SSSR count). The molecule has 6 heteroatoms. The van der Waals surface area contributed by atoms with E-state index in [0.29, 0.717) is 21.8 Å². The third kappa shape index (κ3) is 3.26. The summed E-state index contributed by atoms with van der Waals surface area (Å²) >= 11 is 6.02. The number of carbonyl (C=O) groups is 1. The lowest BCUT2D eigenvalue weighted by molar-refractivity contribution is 0.100. The van der Waals surface area contributed by atoms with E-state index < -0.39 is 5.91 Å². The number of rotatable bonds is 4. The summed E-state index contributed by atoms with van der Waals surface area (Å²) in [7, 11) is 0. The molecule has 0 aliphatic carbocycles. The molecule has 0 aliphatic rings. The minimum Gasteiger partial charge on any atom is -0.378 e. The van der Waals surface area contributed by atoms with Crippen LogP contribution < -0.4 is 16.6 Å². The number of carbonyl (C=O) groups excluding carboxylic acids is 1. The number of amides is 1. The Morgan fingerprint density at radius 2 is 2.00 bits per heavy atom. The van der Waals surface area contributed by atoms with Crippen molar-refractivity contribution in [1.82, 2.24) is 4.98 Å². The Bertz CT molecular complexity index is 981. The molecule has 1 amide bonds. The van der Waals surface area contributed by atoms with Gasteiger partial charge in [-0.2, -0.15) is 0 Å². The van der Waals surface area contributed by atoms with E-state index in [1.54, 1.807) is 36.4 Å². The summed E-state index contributed by atoms with van der Waals surface area (Å²) < 4.78 is 0. The molecule has 0 aliphatic heterocycles. The van der Waals surface area contributed by atoms with Gasteiger partial charge < -0.3 is 16.0 Å². The van der Waals surface area contributed by atoms with Crippen molar-refractivity contribution >= 4 is 34.1 Å². The smallest absolute Gasteiger partial charge is 0.253 e. The fourth-order valence-electron chi connectivity index (χ4n) is 2.61. The molecule has 0 bridgehead atoms. The Morgan fingerprint density at radius 3 is 2.75 bits per heavy atom. The standard InChI is InChI=1S/C18H16ClN3O2/c1-10(21-14-4-2-3-11(8-14)17(20)23)15-9-12-7-13(19)5-6-16(12)22-18(15)24/h2-10,21H,1H3,(H2,20,23)(H,22,24). The molecule has 0 saturated heterocycles. The number of aromatic amines is 1. The summed E-state index contributed by atoms with van der Waals surface area (Å²) in [6.45, 7) is 1.87. The molecule has 1 aromatic heterocycles. The zero-order valence-corrected chi connectivity index (χ0v) is 13.7. The monoisotopic (exact) mass is 341 g/mol. The molecule has 4 N–H and O–H groups in total. The summed E-state index contributed by atoms with van der Waals surface area (Å²) in [5.41, 5.74) is 7.55. The fourth-order valence-corrected chi connectivity index (χ4v) is 2.79. The number of anilines is 1. The van der Waals surface area contributed by atoms with E-state index in [1.165, 1.54) is 0 Å². The number of aromatic nitrogens is 1. The summed E-state index contributed by atoms with van der Waals surface area (Å²) in [5.74, 6) is -0.496. The van der Waals surface area contributed by atoms with Crippen LogP contribution in [0.15, 0.2) is 53.3 Å². The lowest BCUT2D eigenvalue weighted by atomic mass is 10.1. The van der Waals surface area contributed by atoms with E-state index in [1.807, 2.05) is 19.1 Å². The number of fused-ring (bicyclic) bond motifs is 1.